The van der Waals surface area contributed by atoms with Gasteiger partial charge in [-0.25, -0.2) is 4.98 Å². The predicted molar refractivity (Wildman–Crippen MR) is 78.7 cm³/mol. The topological polar surface area (TPSA) is 48.5 Å². The van der Waals surface area contributed by atoms with Crippen molar-refractivity contribution in [2.24, 2.45) is 0 Å². The van der Waals surface area contributed by atoms with Crippen molar-refractivity contribution in [1.82, 2.24) is 15.2 Å². The highest BCUT2D eigenvalue weighted by Crippen LogP contribution is 2.25. The molecule has 5 nitrogen and oxygen atoms in total. The van der Waals surface area contributed by atoms with Gasteiger partial charge in [0.05, 0.1) is 12.2 Å². The van der Waals surface area contributed by atoms with Gasteiger partial charge in [0, 0.05) is 31.6 Å². The van der Waals surface area contributed by atoms with E-state index in [0.717, 1.165) is 36.9 Å². The monoisotopic (exact) mass is 282 g/mol. The fraction of sp³-hybridized carbons (Fsp3) is 0.692. The van der Waals surface area contributed by atoms with Crippen LogP contribution in [0.4, 0.5) is 5.13 Å². The van der Waals surface area contributed by atoms with Gasteiger partial charge in [0.1, 0.15) is 0 Å². The van der Waals surface area contributed by atoms with Crippen molar-refractivity contribution < 1.29 is 4.79 Å². The van der Waals surface area contributed by atoms with E-state index in [1.54, 1.807) is 16.2 Å². The first-order valence-electron chi connectivity index (χ1n) is 6.79. The maximum absolute atomic E-state index is 11.7. The molecule has 0 aliphatic carbocycles. The Labute approximate surface area is 118 Å². The number of nitrogens with zero attached hydrogens (tertiary/aromatic N) is 3. The highest BCUT2D eigenvalue weighted by molar-refractivity contribution is 7.13. The van der Waals surface area contributed by atoms with Gasteiger partial charge in [0.15, 0.2) is 5.13 Å². The summed E-state index contributed by atoms with van der Waals surface area (Å²) in [5.41, 5.74) is 1.07. The standard InChI is InChI=1S/C13H22N4OS/c1-4-5-14-10(2)11-9-19-13(15-11)17-7-6-16(3)12(18)8-17/h9-10,14H,4-8H2,1-3H3. The average molecular weight is 282 g/mol. The molecule has 0 radical (unpaired) electrons. The lowest BCUT2D eigenvalue weighted by molar-refractivity contribution is -0.129. The third-order valence-electron chi connectivity index (χ3n) is 3.38. The molecule has 19 heavy (non-hydrogen) atoms. The van der Waals surface area contributed by atoms with Crippen LogP contribution in [0.3, 0.4) is 0 Å². The minimum absolute atomic E-state index is 0.167. The van der Waals surface area contributed by atoms with Crippen LogP contribution in [0.1, 0.15) is 32.0 Å². The maximum atomic E-state index is 11.7. The average Bonchev–Trinajstić information content (AvgIpc) is 2.89. The Morgan fingerprint density at radius 2 is 2.32 bits per heavy atom. The first kappa shape index (κ1) is 14.3. The predicted octanol–water partition coefficient (Wildman–Crippen LogP) is 1.48. The third-order valence-corrected chi connectivity index (χ3v) is 4.30. The molecule has 1 aromatic rings. The number of anilines is 1. The van der Waals surface area contributed by atoms with Crippen LogP contribution < -0.4 is 10.2 Å². The Morgan fingerprint density at radius 3 is 3.00 bits per heavy atom. The van der Waals surface area contributed by atoms with Crippen LogP contribution in [-0.2, 0) is 4.79 Å². The Kier molecular flexibility index (Phi) is 4.76. The lowest BCUT2D eigenvalue weighted by Crippen LogP contribution is -2.48. The second kappa shape index (κ2) is 6.34. The smallest absolute Gasteiger partial charge is 0.241 e. The molecule has 2 heterocycles. The van der Waals surface area contributed by atoms with E-state index in [0.29, 0.717) is 6.54 Å². The largest absolute Gasteiger partial charge is 0.342 e. The summed E-state index contributed by atoms with van der Waals surface area (Å²) < 4.78 is 0. The summed E-state index contributed by atoms with van der Waals surface area (Å²) in [5.74, 6) is 0.167. The molecule has 0 spiro atoms. The zero-order valence-electron chi connectivity index (χ0n) is 11.8. The molecule has 0 bridgehead atoms. The van der Waals surface area contributed by atoms with Gasteiger partial charge in [-0.05, 0) is 19.9 Å². The van der Waals surface area contributed by atoms with Gasteiger partial charge in [-0.15, -0.1) is 11.3 Å². The second-order valence-corrected chi connectivity index (χ2v) is 5.80. The van der Waals surface area contributed by atoms with Gasteiger partial charge in [-0.2, -0.15) is 0 Å². The summed E-state index contributed by atoms with van der Waals surface area (Å²) >= 11 is 1.63. The molecule has 2 rings (SSSR count). The van der Waals surface area contributed by atoms with Crippen molar-refractivity contribution in [3.63, 3.8) is 0 Å². The lowest BCUT2D eigenvalue weighted by atomic mass is 10.2. The number of aromatic nitrogens is 1. The lowest BCUT2D eigenvalue weighted by Gasteiger charge is -2.31. The van der Waals surface area contributed by atoms with Gasteiger partial charge in [0.25, 0.3) is 0 Å². The molecule has 1 aromatic heterocycles. The Morgan fingerprint density at radius 1 is 1.53 bits per heavy atom. The number of likely N-dealkylation sites (N-methyl/N-ethyl adjacent to an activating group) is 1. The van der Waals surface area contributed by atoms with Crippen molar-refractivity contribution in [1.29, 1.82) is 0 Å². The molecule has 1 N–H and O–H groups in total. The van der Waals surface area contributed by atoms with Crippen LogP contribution in [0.15, 0.2) is 5.38 Å². The number of carbonyl (C=O) groups is 1. The number of rotatable bonds is 5. The molecule has 106 valence electrons. The van der Waals surface area contributed by atoms with E-state index in [2.05, 4.69) is 34.4 Å². The Hall–Kier alpha value is -1.14. The fourth-order valence-corrected chi connectivity index (χ4v) is 2.95. The molecule has 1 atom stereocenters. The molecule has 1 fully saturated rings. The first-order chi connectivity index (χ1) is 9.11. The molecule has 1 unspecified atom stereocenters. The van der Waals surface area contributed by atoms with Crippen LogP contribution in [0.25, 0.3) is 0 Å². The Balaban J connectivity index is 1.98. The van der Waals surface area contributed by atoms with E-state index < -0.39 is 0 Å². The summed E-state index contributed by atoms with van der Waals surface area (Å²) in [4.78, 5) is 20.2. The summed E-state index contributed by atoms with van der Waals surface area (Å²) in [5, 5.41) is 6.48. The summed E-state index contributed by atoms with van der Waals surface area (Å²) in [6.45, 7) is 7.37. The Bertz CT molecular complexity index is 434. The van der Waals surface area contributed by atoms with Gasteiger partial charge in [-0.1, -0.05) is 6.92 Å². The van der Waals surface area contributed by atoms with Crippen molar-refractivity contribution >= 4 is 22.4 Å². The van der Waals surface area contributed by atoms with Crippen molar-refractivity contribution in [2.75, 3.05) is 38.1 Å². The van der Waals surface area contributed by atoms with Crippen LogP contribution in [0.5, 0.6) is 0 Å². The summed E-state index contributed by atoms with van der Waals surface area (Å²) in [6, 6.07) is 0.271. The highest BCUT2D eigenvalue weighted by Gasteiger charge is 2.23. The van der Waals surface area contributed by atoms with Crippen molar-refractivity contribution in [3.05, 3.63) is 11.1 Å². The van der Waals surface area contributed by atoms with Crippen LogP contribution in [0.2, 0.25) is 0 Å². The quantitative estimate of drug-likeness (QED) is 0.889. The van der Waals surface area contributed by atoms with Gasteiger partial charge in [-0.3, -0.25) is 4.79 Å². The zero-order valence-corrected chi connectivity index (χ0v) is 12.7. The molecule has 1 aliphatic heterocycles. The zero-order chi connectivity index (χ0) is 13.8. The number of thiazole rings is 1. The molecule has 1 aliphatic rings. The number of piperazine rings is 1. The number of hydrogen-bond acceptors (Lipinski definition) is 5. The molecule has 6 heteroatoms. The normalized spacial score (nSPS) is 17.9. The third kappa shape index (κ3) is 3.45. The van der Waals surface area contributed by atoms with E-state index in [4.69, 9.17) is 0 Å². The van der Waals surface area contributed by atoms with E-state index >= 15 is 0 Å². The summed E-state index contributed by atoms with van der Waals surface area (Å²) in [7, 11) is 1.85. The van der Waals surface area contributed by atoms with E-state index in [-0.39, 0.29) is 11.9 Å². The van der Waals surface area contributed by atoms with E-state index in [1.165, 1.54) is 0 Å². The number of amides is 1. The minimum Gasteiger partial charge on any atom is -0.342 e. The summed E-state index contributed by atoms with van der Waals surface area (Å²) in [6.07, 6.45) is 1.12. The highest BCUT2D eigenvalue weighted by atomic mass is 32.1. The molecule has 0 saturated carbocycles. The SMILES string of the molecule is CCCNC(C)c1csc(N2CCN(C)C(=O)C2)n1. The molecular formula is C13H22N4OS. The van der Waals surface area contributed by atoms with E-state index in [9.17, 15) is 4.79 Å². The molecule has 1 saturated heterocycles. The van der Waals surface area contributed by atoms with E-state index in [1.807, 2.05) is 7.05 Å². The number of nitrogens with one attached hydrogen (secondary N) is 1. The number of hydrogen-bond donors (Lipinski definition) is 1. The minimum atomic E-state index is 0.167. The second-order valence-electron chi connectivity index (χ2n) is 4.97. The van der Waals surface area contributed by atoms with Gasteiger partial charge in [0.2, 0.25) is 5.91 Å². The van der Waals surface area contributed by atoms with Gasteiger partial charge < -0.3 is 15.1 Å². The maximum Gasteiger partial charge on any atom is 0.241 e. The molecule has 0 aromatic carbocycles. The van der Waals surface area contributed by atoms with Gasteiger partial charge >= 0.3 is 0 Å². The van der Waals surface area contributed by atoms with Crippen LogP contribution in [-0.4, -0.2) is 49.0 Å². The van der Waals surface area contributed by atoms with Crippen molar-refractivity contribution in [3.8, 4) is 0 Å². The van der Waals surface area contributed by atoms with Crippen molar-refractivity contribution in [2.45, 2.75) is 26.3 Å². The molecule has 1 amide bonds. The molecular weight excluding hydrogens is 260 g/mol. The van der Waals surface area contributed by atoms with Crippen LogP contribution in [0, 0.1) is 0 Å². The van der Waals surface area contributed by atoms with Crippen LogP contribution >= 0.6 is 11.3 Å². The fourth-order valence-electron chi connectivity index (χ4n) is 2.01. The first-order valence-corrected chi connectivity index (χ1v) is 7.67. The number of carbonyl (C=O) groups excluding carboxylic acids is 1.